The Balaban J connectivity index is 1.76. The molecule has 1 unspecified atom stereocenters. The molecule has 1 atom stereocenters. The summed E-state index contributed by atoms with van der Waals surface area (Å²) in [6.07, 6.45) is 4.24. The SMILES string of the molecule is CCC(=O)NC1CCN(C2CCNCC2)C1. The Bertz CT molecular complexity index is 238. The zero-order chi connectivity index (χ0) is 11.4. The summed E-state index contributed by atoms with van der Waals surface area (Å²) in [7, 11) is 0. The second kappa shape index (κ2) is 5.64. The molecule has 2 saturated heterocycles. The zero-order valence-electron chi connectivity index (χ0n) is 10.2. The molecule has 0 aliphatic carbocycles. The number of carbonyl (C=O) groups excluding carboxylic acids is 1. The molecule has 0 aromatic carbocycles. The summed E-state index contributed by atoms with van der Waals surface area (Å²) in [6.45, 7) is 6.41. The standard InChI is InChI=1S/C12H23N3O/c1-2-12(16)14-10-5-8-15(9-10)11-3-6-13-7-4-11/h10-11,13H,2-9H2,1H3,(H,14,16). The van der Waals surface area contributed by atoms with E-state index in [1.54, 1.807) is 0 Å². The van der Waals surface area contributed by atoms with E-state index < -0.39 is 0 Å². The van der Waals surface area contributed by atoms with Gasteiger partial charge in [0.1, 0.15) is 0 Å². The lowest BCUT2D eigenvalue weighted by Gasteiger charge is -2.31. The molecule has 2 heterocycles. The zero-order valence-corrected chi connectivity index (χ0v) is 10.2. The highest BCUT2D eigenvalue weighted by atomic mass is 16.1. The second-order valence-corrected chi connectivity index (χ2v) is 4.88. The van der Waals surface area contributed by atoms with E-state index in [4.69, 9.17) is 0 Å². The maximum Gasteiger partial charge on any atom is 0.219 e. The smallest absolute Gasteiger partial charge is 0.219 e. The predicted octanol–water partition coefficient (Wildman–Crippen LogP) is 0.339. The van der Waals surface area contributed by atoms with E-state index in [-0.39, 0.29) is 5.91 Å². The summed E-state index contributed by atoms with van der Waals surface area (Å²) in [5, 5.41) is 6.50. The van der Waals surface area contributed by atoms with E-state index in [0.717, 1.165) is 38.6 Å². The number of nitrogens with zero attached hydrogens (tertiary/aromatic N) is 1. The molecular weight excluding hydrogens is 202 g/mol. The monoisotopic (exact) mass is 225 g/mol. The van der Waals surface area contributed by atoms with Crippen molar-refractivity contribution in [3.63, 3.8) is 0 Å². The van der Waals surface area contributed by atoms with E-state index >= 15 is 0 Å². The van der Waals surface area contributed by atoms with Gasteiger partial charge in [-0.3, -0.25) is 9.69 Å². The van der Waals surface area contributed by atoms with Crippen LogP contribution in [0.4, 0.5) is 0 Å². The van der Waals surface area contributed by atoms with E-state index in [9.17, 15) is 4.79 Å². The lowest BCUT2D eigenvalue weighted by Crippen LogP contribution is -2.44. The maximum absolute atomic E-state index is 11.3. The van der Waals surface area contributed by atoms with Gasteiger partial charge >= 0.3 is 0 Å². The molecule has 2 aliphatic rings. The summed E-state index contributed by atoms with van der Waals surface area (Å²) in [6, 6.07) is 1.13. The first-order valence-corrected chi connectivity index (χ1v) is 6.53. The minimum absolute atomic E-state index is 0.192. The molecule has 0 bridgehead atoms. The summed E-state index contributed by atoms with van der Waals surface area (Å²) >= 11 is 0. The fourth-order valence-electron chi connectivity index (χ4n) is 2.74. The number of piperidine rings is 1. The lowest BCUT2D eigenvalue weighted by molar-refractivity contribution is -0.121. The van der Waals surface area contributed by atoms with Gasteiger partial charge in [-0.25, -0.2) is 0 Å². The topological polar surface area (TPSA) is 44.4 Å². The van der Waals surface area contributed by atoms with Crippen molar-refractivity contribution in [2.75, 3.05) is 26.2 Å². The number of rotatable bonds is 3. The molecule has 0 spiro atoms. The molecule has 92 valence electrons. The minimum Gasteiger partial charge on any atom is -0.352 e. The average Bonchev–Trinajstić information content (AvgIpc) is 2.78. The van der Waals surface area contributed by atoms with Gasteiger partial charge in [0.05, 0.1) is 0 Å². The first-order chi connectivity index (χ1) is 7.79. The van der Waals surface area contributed by atoms with E-state index in [2.05, 4.69) is 15.5 Å². The highest BCUT2D eigenvalue weighted by Crippen LogP contribution is 2.18. The Hall–Kier alpha value is -0.610. The molecule has 1 amide bonds. The van der Waals surface area contributed by atoms with Crippen molar-refractivity contribution >= 4 is 5.91 Å². The first kappa shape index (κ1) is 11.9. The van der Waals surface area contributed by atoms with Crippen LogP contribution in [0, 0.1) is 0 Å². The number of hydrogen-bond donors (Lipinski definition) is 2. The van der Waals surface area contributed by atoms with Crippen molar-refractivity contribution in [2.45, 2.75) is 44.7 Å². The molecule has 2 aliphatic heterocycles. The van der Waals surface area contributed by atoms with Gasteiger partial charge in [0.15, 0.2) is 0 Å². The van der Waals surface area contributed by atoms with Crippen LogP contribution in [0.15, 0.2) is 0 Å². The Labute approximate surface area is 97.8 Å². The van der Waals surface area contributed by atoms with Gasteiger partial charge in [-0.1, -0.05) is 6.92 Å². The van der Waals surface area contributed by atoms with Crippen LogP contribution in [0.25, 0.3) is 0 Å². The van der Waals surface area contributed by atoms with Crippen molar-refractivity contribution in [1.29, 1.82) is 0 Å². The normalized spacial score (nSPS) is 28.2. The van der Waals surface area contributed by atoms with Crippen LogP contribution in [0.3, 0.4) is 0 Å². The Kier molecular flexibility index (Phi) is 4.18. The molecule has 4 nitrogen and oxygen atoms in total. The molecular formula is C12H23N3O. The van der Waals surface area contributed by atoms with Crippen LogP contribution in [-0.4, -0.2) is 49.1 Å². The molecule has 2 rings (SSSR count). The molecule has 0 saturated carbocycles. The van der Waals surface area contributed by atoms with Gasteiger partial charge in [0.25, 0.3) is 0 Å². The van der Waals surface area contributed by atoms with E-state index in [0.29, 0.717) is 12.5 Å². The Morgan fingerprint density at radius 1 is 1.38 bits per heavy atom. The van der Waals surface area contributed by atoms with Crippen molar-refractivity contribution in [3.05, 3.63) is 0 Å². The third-order valence-electron chi connectivity index (χ3n) is 3.73. The van der Waals surface area contributed by atoms with E-state index in [1.165, 1.54) is 12.8 Å². The third-order valence-corrected chi connectivity index (χ3v) is 3.73. The predicted molar refractivity (Wildman–Crippen MR) is 64.3 cm³/mol. The maximum atomic E-state index is 11.3. The molecule has 4 heteroatoms. The summed E-state index contributed by atoms with van der Waals surface area (Å²) < 4.78 is 0. The number of nitrogens with one attached hydrogen (secondary N) is 2. The van der Waals surface area contributed by atoms with Gasteiger partial charge in [0.2, 0.25) is 5.91 Å². The first-order valence-electron chi connectivity index (χ1n) is 6.53. The molecule has 2 N–H and O–H groups in total. The largest absolute Gasteiger partial charge is 0.352 e. The third kappa shape index (κ3) is 2.95. The quantitative estimate of drug-likeness (QED) is 0.728. The molecule has 0 radical (unpaired) electrons. The van der Waals surface area contributed by atoms with Gasteiger partial charge in [-0.15, -0.1) is 0 Å². The van der Waals surface area contributed by atoms with E-state index in [1.807, 2.05) is 6.92 Å². The van der Waals surface area contributed by atoms with Crippen molar-refractivity contribution in [2.24, 2.45) is 0 Å². The fraction of sp³-hybridized carbons (Fsp3) is 0.917. The van der Waals surface area contributed by atoms with Gasteiger partial charge in [-0.2, -0.15) is 0 Å². The lowest BCUT2D eigenvalue weighted by atomic mass is 10.1. The number of carbonyl (C=O) groups is 1. The van der Waals surface area contributed by atoms with Crippen LogP contribution in [0.1, 0.15) is 32.6 Å². The van der Waals surface area contributed by atoms with Gasteiger partial charge < -0.3 is 10.6 Å². The van der Waals surface area contributed by atoms with Crippen LogP contribution in [0.2, 0.25) is 0 Å². The van der Waals surface area contributed by atoms with Crippen LogP contribution in [0.5, 0.6) is 0 Å². The Morgan fingerprint density at radius 3 is 2.81 bits per heavy atom. The molecule has 0 aromatic heterocycles. The highest BCUT2D eigenvalue weighted by molar-refractivity contribution is 5.75. The van der Waals surface area contributed by atoms with Crippen LogP contribution < -0.4 is 10.6 Å². The van der Waals surface area contributed by atoms with Gasteiger partial charge in [-0.05, 0) is 32.4 Å². The minimum atomic E-state index is 0.192. The average molecular weight is 225 g/mol. The highest BCUT2D eigenvalue weighted by Gasteiger charge is 2.29. The fourth-order valence-corrected chi connectivity index (χ4v) is 2.74. The Morgan fingerprint density at radius 2 is 2.12 bits per heavy atom. The summed E-state index contributed by atoms with van der Waals surface area (Å²) in [4.78, 5) is 13.9. The second-order valence-electron chi connectivity index (χ2n) is 4.88. The number of likely N-dealkylation sites (tertiary alicyclic amines) is 1. The molecule has 2 fully saturated rings. The van der Waals surface area contributed by atoms with Crippen LogP contribution in [-0.2, 0) is 4.79 Å². The summed E-state index contributed by atoms with van der Waals surface area (Å²) in [5.74, 6) is 0.192. The van der Waals surface area contributed by atoms with Crippen molar-refractivity contribution in [1.82, 2.24) is 15.5 Å². The summed E-state index contributed by atoms with van der Waals surface area (Å²) in [5.41, 5.74) is 0. The molecule has 0 aromatic rings. The molecule has 16 heavy (non-hydrogen) atoms. The number of hydrogen-bond acceptors (Lipinski definition) is 3. The van der Waals surface area contributed by atoms with Crippen molar-refractivity contribution in [3.8, 4) is 0 Å². The van der Waals surface area contributed by atoms with Crippen LogP contribution >= 0.6 is 0 Å². The number of amides is 1. The van der Waals surface area contributed by atoms with Crippen molar-refractivity contribution < 1.29 is 4.79 Å². The van der Waals surface area contributed by atoms with Gasteiger partial charge in [0, 0.05) is 31.6 Å².